The van der Waals surface area contributed by atoms with Gasteiger partial charge in [0.1, 0.15) is 6.61 Å². The van der Waals surface area contributed by atoms with E-state index in [1.165, 1.54) is 7.11 Å². The van der Waals surface area contributed by atoms with E-state index in [2.05, 4.69) is 59.8 Å². The molecule has 2 bridgehead atoms. The summed E-state index contributed by atoms with van der Waals surface area (Å²) < 4.78 is 18.1. The molecule has 0 radical (unpaired) electrons. The zero-order valence-electron chi connectivity index (χ0n) is 30.9. The van der Waals surface area contributed by atoms with Crippen molar-refractivity contribution in [3.63, 3.8) is 0 Å². The second kappa shape index (κ2) is 17.6. The van der Waals surface area contributed by atoms with Crippen LogP contribution < -0.4 is 0 Å². The Balaban J connectivity index is 2.59. The highest BCUT2D eigenvalue weighted by atomic mass is 28.4. The lowest BCUT2D eigenvalue weighted by atomic mass is 9.63. The number of carbonyl (C=O) groups is 2. The first-order valence-electron chi connectivity index (χ1n) is 17.8. The zero-order valence-corrected chi connectivity index (χ0v) is 31.9. The Hall–Kier alpha value is -1.74. The van der Waals surface area contributed by atoms with Crippen molar-refractivity contribution < 1.29 is 33.7 Å². The van der Waals surface area contributed by atoms with Crippen LogP contribution in [0.3, 0.4) is 0 Å². The van der Waals surface area contributed by atoms with Crippen LogP contribution in [0.4, 0.5) is 0 Å². The number of aliphatic hydroxyl groups is 2. The number of ether oxygens (including phenoxy) is 2. The Morgan fingerprint density at radius 3 is 2.20 bits per heavy atom. The first kappa shape index (κ1) is 40.4. The van der Waals surface area contributed by atoms with Crippen molar-refractivity contribution in [1.82, 2.24) is 0 Å². The molecule has 0 spiro atoms. The van der Waals surface area contributed by atoms with Gasteiger partial charge in [-0.05, 0) is 93.8 Å². The second-order valence-corrected chi connectivity index (χ2v) is 21.2. The van der Waals surface area contributed by atoms with Gasteiger partial charge in [-0.25, -0.2) is 4.79 Å². The molecule has 264 valence electrons. The van der Waals surface area contributed by atoms with E-state index in [0.717, 1.165) is 32.1 Å². The van der Waals surface area contributed by atoms with Crippen molar-refractivity contribution in [1.29, 1.82) is 0 Å². The lowest BCUT2D eigenvalue weighted by Crippen LogP contribution is -2.49. The highest BCUT2D eigenvalue weighted by Gasteiger charge is 2.52. The summed E-state index contributed by atoms with van der Waals surface area (Å²) in [7, 11) is -0.747. The van der Waals surface area contributed by atoms with Crippen molar-refractivity contribution in [2.75, 3.05) is 26.9 Å². The maximum absolute atomic E-state index is 13.4. The van der Waals surface area contributed by atoms with Gasteiger partial charge in [-0.2, -0.15) is 0 Å². The highest BCUT2D eigenvalue weighted by molar-refractivity contribution is 6.77. The zero-order chi connectivity index (χ0) is 34.9. The molecule has 8 heteroatoms. The van der Waals surface area contributed by atoms with E-state index in [-0.39, 0.29) is 37.4 Å². The van der Waals surface area contributed by atoms with Gasteiger partial charge in [0.25, 0.3) is 0 Å². The molecule has 0 aromatic carbocycles. The molecule has 0 aromatic rings. The van der Waals surface area contributed by atoms with Crippen molar-refractivity contribution in [2.45, 2.75) is 137 Å². The third-order valence-electron chi connectivity index (χ3n) is 10.7. The fourth-order valence-corrected chi connectivity index (χ4v) is 13.7. The van der Waals surface area contributed by atoms with Crippen molar-refractivity contribution in [3.05, 3.63) is 35.5 Å². The summed E-state index contributed by atoms with van der Waals surface area (Å²) in [5, 5.41) is 23.1. The van der Waals surface area contributed by atoms with Gasteiger partial charge < -0.3 is 24.1 Å². The third kappa shape index (κ3) is 9.23. The number of methoxy groups -OCH3 is 1. The van der Waals surface area contributed by atoms with Crippen LogP contribution in [0.1, 0.15) is 114 Å². The fraction of sp³-hybridized carbons (Fsp3) is 0.789. The Morgan fingerprint density at radius 1 is 1.04 bits per heavy atom. The molecular weight excluding hydrogens is 596 g/mol. The molecule has 0 saturated heterocycles. The minimum atomic E-state index is -2.12. The van der Waals surface area contributed by atoms with E-state index in [4.69, 9.17) is 13.9 Å². The van der Waals surface area contributed by atoms with E-state index in [0.29, 0.717) is 40.8 Å². The number of fused-ring (bicyclic) bond motifs is 2. The quantitative estimate of drug-likeness (QED) is 0.0699. The summed E-state index contributed by atoms with van der Waals surface area (Å²) in [5.74, 6) is -1.34. The average molecular weight is 663 g/mol. The van der Waals surface area contributed by atoms with Gasteiger partial charge in [-0.1, -0.05) is 78.7 Å². The third-order valence-corrected chi connectivity index (χ3v) is 16.8. The van der Waals surface area contributed by atoms with Crippen molar-refractivity contribution in [2.24, 2.45) is 28.6 Å². The van der Waals surface area contributed by atoms with Crippen LogP contribution in [0.5, 0.6) is 0 Å². The Labute approximate surface area is 281 Å². The molecule has 0 amide bonds. The minimum Gasteiger partial charge on any atom is -0.466 e. The number of carbonyl (C=O) groups excluding carboxylic acids is 2. The molecule has 0 fully saturated rings. The van der Waals surface area contributed by atoms with Gasteiger partial charge in [0.05, 0.1) is 30.7 Å². The first-order chi connectivity index (χ1) is 21.5. The monoisotopic (exact) mass is 662 g/mol. The van der Waals surface area contributed by atoms with Crippen LogP contribution in [-0.4, -0.2) is 63.5 Å². The van der Waals surface area contributed by atoms with Gasteiger partial charge in [0, 0.05) is 18.1 Å². The van der Waals surface area contributed by atoms with Crippen molar-refractivity contribution >= 4 is 20.3 Å². The first-order valence-corrected chi connectivity index (χ1v) is 19.9. The number of hydrogen-bond donors (Lipinski definition) is 2. The van der Waals surface area contributed by atoms with E-state index in [1.807, 2.05) is 13.0 Å². The summed E-state index contributed by atoms with van der Waals surface area (Å²) >= 11 is 0. The maximum atomic E-state index is 13.4. The standard InChI is InChI=1S/C38H66O7Si/c1-12-13-14-15-16-17-18-29-23-32-34(40)33(30(29)20-22-45-46(26(2)3,27(4)5)28(6)7)31(35(41)43-11)19-21-38(32,24-39)25-44-36(42)37(8,9)10/h12-13,19,23,26-30,33-34,39-40H,14-18,20-22,24-25H2,1-11H3/b13-12+/t29-,30+,33+,34?,38-/m1/s1. The predicted molar refractivity (Wildman–Crippen MR) is 189 cm³/mol. The number of hydrogen-bond acceptors (Lipinski definition) is 7. The van der Waals surface area contributed by atoms with Crippen LogP contribution in [0.15, 0.2) is 35.5 Å². The summed E-state index contributed by atoms with van der Waals surface area (Å²) in [4.78, 5) is 26.2. The number of rotatable bonds is 17. The summed E-state index contributed by atoms with van der Waals surface area (Å²) in [6.07, 6.45) is 13.4. The molecule has 1 unspecified atom stereocenters. The molecule has 2 N–H and O–H groups in total. The van der Waals surface area contributed by atoms with Crippen LogP contribution >= 0.6 is 0 Å². The van der Waals surface area contributed by atoms with Gasteiger partial charge >= 0.3 is 11.9 Å². The molecule has 2 aliphatic carbocycles. The summed E-state index contributed by atoms with van der Waals surface area (Å²) in [6, 6.07) is 0. The predicted octanol–water partition coefficient (Wildman–Crippen LogP) is 8.32. The largest absolute Gasteiger partial charge is 0.466 e. The number of aliphatic hydroxyl groups excluding tert-OH is 2. The summed E-state index contributed by atoms with van der Waals surface area (Å²) in [5.41, 5.74) is 0.728. The molecule has 0 aromatic heterocycles. The van der Waals surface area contributed by atoms with Crippen LogP contribution in [0, 0.1) is 28.6 Å². The smallest absolute Gasteiger partial charge is 0.333 e. The summed E-state index contributed by atoms with van der Waals surface area (Å²) in [6.45, 7) is 21.3. The van der Waals surface area contributed by atoms with E-state index in [9.17, 15) is 19.8 Å². The van der Waals surface area contributed by atoms with E-state index in [1.54, 1.807) is 20.8 Å². The highest BCUT2D eigenvalue weighted by Crippen LogP contribution is 2.52. The average Bonchev–Trinajstić information content (AvgIpc) is 3.06. The van der Waals surface area contributed by atoms with Gasteiger partial charge in [0.2, 0.25) is 0 Å². The van der Waals surface area contributed by atoms with E-state index >= 15 is 0 Å². The maximum Gasteiger partial charge on any atom is 0.333 e. The molecule has 0 heterocycles. The fourth-order valence-electron chi connectivity index (χ4n) is 8.25. The van der Waals surface area contributed by atoms with Crippen LogP contribution in [0.25, 0.3) is 0 Å². The normalized spacial score (nSPS) is 25.6. The number of unbranched alkanes of at least 4 members (excludes halogenated alkanes) is 3. The molecule has 7 nitrogen and oxygen atoms in total. The lowest BCUT2D eigenvalue weighted by Gasteiger charge is -2.46. The molecule has 46 heavy (non-hydrogen) atoms. The van der Waals surface area contributed by atoms with Crippen LogP contribution in [0.2, 0.25) is 16.6 Å². The second-order valence-electron chi connectivity index (χ2n) is 15.7. The molecule has 5 atom stereocenters. The molecule has 0 aliphatic heterocycles. The number of esters is 2. The molecule has 2 rings (SSSR count). The lowest BCUT2D eigenvalue weighted by molar-refractivity contribution is -0.157. The van der Waals surface area contributed by atoms with Crippen molar-refractivity contribution in [3.8, 4) is 0 Å². The van der Waals surface area contributed by atoms with Crippen LogP contribution in [-0.2, 0) is 23.5 Å². The number of allylic oxidation sites excluding steroid dienone is 4. The van der Waals surface area contributed by atoms with Gasteiger partial charge in [-0.15, -0.1) is 0 Å². The Kier molecular flexibility index (Phi) is 15.5. The molecule has 0 saturated carbocycles. The topological polar surface area (TPSA) is 102 Å². The van der Waals surface area contributed by atoms with Gasteiger partial charge in [-0.3, -0.25) is 4.79 Å². The Bertz CT molecular complexity index is 1060. The SMILES string of the molecule is C/C=C/CCCCC[C@@H]1C=C2C(O)[C@H](C(C(=O)OC)=CC[C@@]2(CO)COC(=O)C(C)(C)C)[C@H]1CCO[Si](C(C)C)(C(C)C)C(C)C. The molecule has 2 aliphatic rings. The minimum absolute atomic E-state index is 0.0514. The van der Waals surface area contributed by atoms with Gasteiger partial charge in [0.15, 0.2) is 8.32 Å². The molecular formula is C38H66O7Si. The Morgan fingerprint density at radius 2 is 1.67 bits per heavy atom. The van der Waals surface area contributed by atoms with E-state index < -0.39 is 37.1 Å².